The van der Waals surface area contributed by atoms with Gasteiger partial charge < -0.3 is 10.5 Å². The molecular formula is C12H15N3OS2. The van der Waals surface area contributed by atoms with Gasteiger partial charge in [-0.2, -0.15) is 0 Å². The van der Waals surface area contributed by atoms with Crippen LogP contribution >= 0.6 is 23.1 Å². The fourth-order valence-corrected chi connectivity index (χ4v) is 3.29. The molecule has 0 fully saturated rings. The van der Waals surface area contributed by atoms with E-state index in [1.54, 1.807) is 30.2 Å². The molecule has 1 aromatic carbocycles. The van der Waals surface area contributed by atoms with E-state index >= 15 is 0 Å². The van der Waals surface area contributed by atoms with Gasteiger partial charge in [0.1, 0.15) is 10.8 Å². The quantitative estimate of drug-likeness (QED) is 0.854. The van der Waals surface area contributed by atoms with Gasteiger partial charge in [0.15, 0.2) is 4.34 Å². The molecule has 1 aromatic heterocycles. The highest BCUT2D eigenvalue weighted by molar-refractivity contribution is 8.00. The van der Waals surface area contributed by atoms with Crippen LogP contribution in [0.3, 0.4) is 0 Å². The lowest BCUT2D eigenvalue weighted by atomic mass is 10.1. The van der Waals surface area contributed by atoms with Crippen LogP contribution in [0.15, 0.2) is 22.5 Å². The van der Waals surface area contributed by atoms with Gasteiger partial charge in [-0.15, -0.1) is 10.2 Å². The summed E-state index contributed by atoms with van der Waals surface area (Å²) < 4.78 is 6.31. The second-order valence-corrected chi connectivity index (χ2v) is 6.13. The first kappa shape index (κ1) is 13.3. The van der Waals surface area contributed by atoms with E-state index in [9.17, 15) is 0 Å². The lowest BCUT2D eigenvalue weighted by Crippen LogP contribution is -2.00. The molecule has 1 heterocycles. The van der Waals surface area contributed by atoms with Gasteiger partial charge in [-0.25, -0.2) is 0 Å². The van der Waals surface area contributed by atoms with Crippen LogP contribution in [0.4, 0.5) is 0 Å². The SMILES string of the molecule is COc1cc(CSc2nnc(C)s2)ccc1CN. The van der Waals surface area contributed by atoms with Crippen molar-refractivity contribution >= 4 is 23.1 Å². The Bertz CT molecular complexity index is 528. The van der Waals surface area contributed by atoms with Gasteiger partial charge in [0.05, 0.1) is 7.11 Å². The van der Waals surface area contributed by atoms with Crippen LogP contribution in [-0.2, 0) is 12.3 Å². The number of aromatic nitrogens is 2. The molecule has 6 heteroatoms. The Hall–Kier alpha value is -1.11. The number of nitrogens with zero attached hydrogens (tertiary/aromatic N) is 2. The molecule has 0 aliphatic carbocycles. The van der Waals surface area contributed by atoms with Crippen LogP contribution < -0.4 is 10.5 Å². The number of aryl methyl sites for hydroxylation is 1. The highest BCUT2D eigenvalue weighted by Crippen LogP contribution is 2.28. The van der Waals surface area contributed by atoms with Crippen molar-refractivity contribution in [1.82, 2.24) is 10.2 Å². The van der Waals surface area contributed by atoms with Crippen molar-refractivity contribution in [3.05, 3.63) is 34.3 Å². The zero-order valence-electron chi connectivity index (χ0n) is 10.3. The first-order chi connectivity index (χ1) is 8.72. The Labute approximate surface area is 115 Å². The van der Waals surface area contributed by atoms with E-state index in [0.29, 0.717) is 6.54 Å². The highest BCUT2D eigenvalue weighted by Gasteiger charge is 2.05. The number of ether oxygens (including phenoxy) is 1. The minimum absolute atomic E-state index is 0.492. The molecule has 0 bridgehead atoms. The van der Waals surface area contributed by atoms with Crippen LogP contribution in [0.2, 0.25) is 0 Å². The third-order valence-corrected chi connectivity index (χ3v) is 4.48. The van der Waals surface area contributed by atoms with E-state index in [4.69, 9.17) is 10.5 Å². The summed E-state index contributed by atoms with van der Waals surface area (Å²) in [6, 6.07) is 6.12. The Kier molecular flexibility index (Phi) is 4.57. The van der Waals surface area contributed by atoms with Crippen molar-refractivity contribution < 1.29 is 4.74 Å². The molecule has 2 rings (SSSR count). The van der Waals surface area contributed by atoms with Crippen LogP contribution in [0.5, 0.6) is 5.75 Å². The monoisotopic (exact) mass is 281 g/mol. The average Bonchev–Trinajstić information content (AvgIpc) is 2.81. The maximum absolute atomic E-state index is 5.64. The van der Waals surface area contributed by atoms with Gasteiger partial charge >= 0.3 is 0 Å². The number of nitrogens with two attached hydrogens (primary N) is 1. The van der Waals surface area contributed by atoms with Crippen molar-refractivity contribution in [3.63, 3.8) is 0 Å². The fraction of sp³-hybridized carbons (Fsp3) is 0.333. The van der Waals surface area contributed by atoms with E-state index in [2.05, 4.69) is 16.3 Å². The molecule has 2 N–H and O–H groups in total. The summed E-state index contributed by atoms with van der Waals surface area (Å²) in [5.74, 6) is 1.71. The van der Waals surface area contributed by atoms with Crippen molar-refractivity contribution in [2.45, 2.75) is 23.6 Å². The number of thioether (sulfide) groups is 1. The molecule has 0 spiro atoms. The molecule has 0 amide bonds. The number of hydrogen-bond acceptors (Lipinski definition) is 6. The van der Waals surface area contributed by atoms with Crippen molar-refractivity contribution in [1.29, 1.82) is 0 Å². The van der Waals surface area contributed by atoms with Gasteiger partial charge in [-0.3, -0.25) is 0 Å². The Morgan fingerprint density at radius 3 is 2.83 bits per heavy atom. The predicted octanol–water partition coefficient (Wildman–Crippen LogP) is 2.61. The van der Waals surface area contributed by atoms with Crippen LogP contribution in [0, 0.1) is 6.92 Å². The Morgan fingerprint density at radius 2 is 2.22 bits per heavy atom. The van der Waals surface area contributed by atoms with Gasteiger partial charge in [0, 0.05) is 17.9 Å². The van der Waals surface area contributed by atoms with Crippen molar-refractivity contribution in [2.75, 3.05) is 7.11 Å². The topological polar surface area (TPSA) is 61.0 Å². The summed E-state index contributed by atoms with van der Waals surface area (Å²) in [5.41, 5.74) is 7.86. The second kappa shape index (κ2) is 6.17. The second-order valence-electron chi connectivity index (χ2n) is 3.73. The zero-order chi connectivity index (χ0) is 13.0. The molecule has 0 aliphatic heterocycles. The first-order valence-electron chi connectivity index (χ1n) is 5.51. The molecular weight excluding hydrogens is 266 g/mol. The number of benzene rings is 1. The normalized spacial score (nSPS) is 10.6. The van der Waals surface area contributed by atoms with Gasteiger partial charge in [0.25, 0.3) is 0 Å². The third-order valence-electron chi connectivity index (χ3n) is 2.44. The lowest BCUT2D eigenvalue weighted by molar-refractivity contribution is 0.409. The minimum atomic E-state index is 0.492. The van der Waals surface area contributed by atoms with Gasteiger partial charge in [0.2, 0.25) is 0 Å². The van der Waals surface area contributed by atoms with Crippen molar-refractivity contribution in [3.8, 4) is 5.75 Å². The zero-order valence-corrected chi connectivity index (χ0v) is 12.0. The Morgan fingerprint density at radius 1 is 1.39 bits per heavy atom. The molecule has 2 aromatic rings. The lowest BCUT2D eigenvalue weighted by Gasteiger charge is -2.08. The van der Waals surface area contributed by atoms with Crippen LogP contribution in [0.1, 0.15) is 16.1 Å². The third kappa shape index (κ3) is 3.22. The summed E-state index contributed by atoms with van der Waals surface area (Å²) in [6.07, 6.45) is 0. The molecule has 0 atom stereocenters. The average molecular weight is 281 g/mol. The number of hydrogen-bond donors (Lipinski definition) is 1. The molecule has 0 radical (unpaired) electrons. The van der Waals surface area contributed by atoms with E-state index in [-0.39, 0.29) is 0 Å². The van der Waals surface area contributed by atoms with Crippen molar-refractivity contribution in [2.24, 2.45) is 5.73 Å². The summed E-state index contributed by atoms with van der Waals surface area (Å²) in [6.45, 7) is 2.45. The van der Waals surface area contributed by atoms with E-state index in [0.717, 1.165) is 26.4 Å². The molecule has 0 saturated carbocycles. The van der Waals surface area contributed by atoms with E-state index in [1.807, 2.05) is 19.1 Å². The fourth-order valence-electron chi connectivity index (χ4n) is 1.53. The number of rotatable bonds is 5. The largest absolute Gasteiger partial charge is 0.496 e. The summed E-state index contributed by atoms with van der Waals surface area (Å²) >= 11 is 3.30. The minimum Gasteiger partial charge on any atom is -0.496 e. The highest BCUT2D eigenvalue weighted by atomic mass is 32.2. The smallest absolute Gasteiger partial charge is 0.174 e. The van der Waals surface area contributed by atoms with Crippen LogP contribution in [0.25, 0.3) is 0 Å². The summed E-state index contributed by atoms with van der Waals surface area (Å²) in [4.78, 5) is 0. The predicted molar refractivity (Wildman–Crippen MR) is 75.1 cm³/mol. The van der Waals surface area contributed by atoms with Gasteiger partial charge in [-0.1, -0.05) is 35.2 Å². The molecule has 18 heavy (non-hydrogen) atoms. The molecule has 0 unspecified atom stereocenters. The number of methoxy groups -OCH3 is 1. The van der Waals surface area contributed by atoms with Gasteiger partial charge in [-0.05, 0) is 18.6 Å². The van der Waals surface area contributed by atoms with E-state index < -0.39 is 0 Å². The summed E-state index contributed by atoms with van der Waals surface area (Å²) in [7, 11) is 1.67. The maximum Gasteiger partial charge on any atom is 0.174 e. The molecule has 0 saturated heterocycles. The Balaban J connectivity index is 2.05. The molecule has 4 nitrogen and oxygen atoms in total. The summed E-state index contributed by atoms with van der Waals surface area (Å²) in [5, 5.41) is 9.08. The molecule has 0 aliphatic rings. The van der Waals surface area contributed by atoms with Crippen LogP contribution in [-0.4, -0.2) is 17.3 Å². The maximum atomic E-state index is 5.64. The van der Waals surface area contributed by atoms with E-state index in [1.165, 1.54) is 5.56 Å². The first-order valence-corrected chi connectivity index (χ1v) is 7.32. The standard InChI is InChI=1S/C12H15N3OS2/c1-8-14-15-12(18-8)17-7-9-3-4-10(6-13)11(5-9)16-2/h3-5H,6-7,13H2,1-2H3. The molecule has 96 valence electrons.